The molecule has 0 bridgehead atoms. The van der Waals surface area contributed by atoms with Crippen LogP contribution < -0.4 is 0 Å². The van der Waals surface area contributed by atoms with Gasteiger partial charge in [-0.1, -0.05) is 146 Å². The maximum atomic E-state index is 2.52. The van der Waals surface area contributed by atoms with Crippen molar-refractivity contribution < 1.29 is 0 Å². The van der Waals surface area contributed by atoms with Crippen molar-refractivity contribution in [1.82, 2.24) is 13.7 Å². The number of aromatic nitrogens is 3. The Balaban J connectivity index is 1.00. The number of rotatable bonds is 5. The highest BCUT2D eigenvalue weighted by Crippen LogP contribution is 2.46. The van der Waals surface area contributed by atoms with Gasteiger partial charge in [0.05, 0.1) is 38.8 Å². The predicted molar refractivity (Wildman–Crippen MR) is 273 cm³/mol. The second-order valence-corrected chi connectivity index (χ2v) is 17.9. The highest BCUT2D eigenvalue weighted by molar-refractivity contribution is 7.26. The summed E-state index contributed by atoms with van der Waals surface area (Å²) in [4.78, 5) is 0. The fraction of sp³-hybridized carbons (Fsp3) is 0. The van der Waals surface area contributed by atoms with E-state index in [2.05, 4.69) is 238 Å². The van der Waals surface area contributed by atoms with Gasteiger partial charge in [-0.05, 0) is 101 Å². The Labute approximate surface area is 372 Å². The van der Waals surface area contributed by atoms with Crippen LogP contribution in [0.3, 0.4) is 0 Å². The van der Waals surface area contributed by atoms with Crippen molar-refractivity contribution >= 4 is 96.9 Å². The Morgan fingerprint density at radius 2 is 0.750 bits per heavy atom. The summed E-state index contributed by atoms with van der Waals surface area (Å²) in [6.07, 6.45) is 0. The smallest absolute Gasteiger partial charge is 0.0562 e. The normalized spacial score (nSPS) is 12.1. The van der Waals surface area contributed by atoms with Crippen LogP contribution in [-0.2, 0) is 0 Å². The first-order valence-corrected chi connectivity index (χ1v) is 22.7. The molecule has 0 fully saturated rings. The number of nitrogens with zero attached hydrogens (tertiary/aromatic N) is 3. The number of para-hydroxylation sites is 4. The average molecular weight is 832 g/mol. The van der Waals surface area contributed by atoms with Gasteiger partial charge in [0.15, 0.2) is 0 Å². The standard InChI is InChI=1S/C60H37N3S/c1-2-15-38(16-3-1)39-17-12-18-40(35-39)43-23-13-29-57-59(43)60-55(28-14-30-58(60)64-57)63-53-27-11-6-21-46(53)48-33-31-42(37-56(48)63)62-52-26-10-7-22-47(52)49-36-41(32-34-54(49)62)61-50-24-8-4-19-44(50)45-20-5-9-25-51(45)61/h1-37H. The average Bonchev–Trinajstić information content (AvgIpc) is 4.10. The molecule has 3 nitrogen and oxygen atoms in total. The Bertz CT molecular complexity index is 4140. The maximum Gasteiger partial charge on any atom is 0.0562 e. The van der Waals surface area contributed by atoms with Crippen molar-refractivity contribution in [1.29, 1.82) is 0 Å². The van der Waals surface area contributed by atoms with E-state index in [1.165, 1.54) is 114 Å². The zero-order valence-corrected chi connectivity index (χ0v) is 35.4. The van der Waals surface area contributed by atoms with Crippen LogP contribution in [0.5, 0.6) is 0 Å². The summed E-state index contributed by atoms with van der Waals surface area (Å²) in [5, 5.41) is 10.1. The number of hydrogen-bond acceptors (Lipinski definition) is 1. The predicted octanol–water partition coefficient (Wildman–Crippen LogP) is 16.7. The van der Waals surface area contributed by atoms with Gasteiger partial charge < -0.3 is 13.7 Å². The quantitative estimate of drug-likeness (QED) is 0.164. The molecule has 298 valence electrons. The van der Waals surface area contributed by atoms with Crippen LogP contribution in [-0.4, -0.2) is 13.7 Å². The Morgan fingerprint density at radius 3 is 1.44 bits per heavy atom. The first kappa shape index (κ1) is 35.4. The third-order valence-electron chi connectivity index (χ3n) is 13.4. The fourth-order valence-electron chi connectivity index (χ4n) is 10.7. The Morgan fingerprint density at radius 1 is 0.266 bits per heavy atom. The molecule has 4 aromatic heterocycles. The summed E-state index contributed by atoms with van der Waals surface area (Å²) in [6, 6.07) is 82.7. The maximum absolute atomic E-state index is 2.52. The second kappa shape index (κ2) is 13.7. The molecule has 0 N–H and O–H groups in total. The molecular formula is C60H37N3S. The summed E-state index contributed by atoms with van der Waals surface area (Å²) in [7, 11) is 0. The lowest BCUT2D eigenvalue weighted by Crippen LogP contribution is -1.98. The highest BCUT2D eigenvalue weighted by Gasteiger charge is 2.21. The lowest BCUT2D eigenvalue weighted by Gasteiger charge is -2.14. The number of hydrogen-bond donors (Lipinski definition) is 0. The molecule has 0 spiro atoms. The van der Waals surface area contributed by atoms with E-state index in [9.17, 15) is 0 Å². The minimum Gasteiger partial charge on any atom is -0.309 e. The largest absolute Gasteiger partial charge is 0.309 e. The van der Waals surface area contributed by atoms with Gasteiger partial charge in [-0.15, -0.1) is 11.3 Å². The minimum atomic E-state index is 1.13. The van der Waals surface area contributed by atoms with E-state index in [0.717, 1.165) is 11.4 Å². The number of fused-ring (bicyclic) bond motifs is 12. The molecule has 14 rings (SSSR count). The topological polar surface area (TPSA) is 14.8 Å². The van der Waals surface area contributed by atoms with E-state index < -0.39 is 0 Å². The van der Waals surface area contributed by atoms with Gasteiger partial charge in [0.2, 0.25) is 0 Å². The third-order valence-corrected chi connectivity index (χ3v) is 14.6. The van der Waals surface area contributed by atoms with Crippen LogP contribution in [0.15, 0.2) is 224 Å². The molecule has 0 aliphatic heterocycles. The van der Waals surface area contributed by atoms with Crippen molar-refractivity contribution in [3.63, 3.8) is 0 Å². The van der Waals surface area contributed by atoms with Crippen LogP contribution in [0.1, 0.15) is 0 Å². The molecule has 4 heteroatoms. The first-order valence-electron chi connectivity index (χ1n) is 21.9. The summed E-state index contributed by atoms with van der Waals surface area (Å²) >= 11 is 1.88. The molecule has 0 amide bonds. The van der Waals surface area contributed by atoms with Crippen molar-refractivity contribution in [2.24, 2.45) is 0 Å². The monoisotopic (exact) mass is 831 g/mol. The van der Waals surface area contributed by atoms with E-state index in [1.54, 1.807) is 0 Å². The van der Waals surface area contributed by atoms with Crippen molar-refractivity contribution in [3.05, 3.63) is 224 Å². The summed E-state index contributed by atoms with van der Waals surface area (Å²) in [5.41, 5.74) is 15.6. The molecule has 10 aromatic carbocycles. The molecule has 0 atom stereocenters. The van der Waals surface area contributed by atoms with Gasteiger partial charge in [-0.2, -0.15) is 0 Å². The van der Waals surface area contributed by atoms with E-state index >= 15 is 0 Å². The zero-order chi connectivity index (χ0) is 41.9. The third kappa shape index (κ3) is 5.09. The van der Waals surface area contributed by atoms with Gasteiger partial charge in [0.1, 0.15) is 0 Å². The minimum absolute atomic E-state index is 1.13. The molecule has 0 aliphatic carbocycles. The van der Waals surface area contributed by atoms with Crippen molar-refractivity contribution in [3.8, 4) is 39.3 Å². The highest BCUT2D eigenvalue weighted by atomic mass is 32.1. The zero-order valence-electron chi connectivity index (χ0n) is 34.6. The Kier molecular flexibility index (Phi) is 7.56. The molecule has 0 unspecified atom stereocenters. The van der Waals surface area contributed by atoms with Gasteiger partial charge in [-0.25, -0.2) is 0 Å². The number of thiophene rings is 1. The number of benzene rings is 10. The lowest BCUT2D eigenvalue weighted by molar-refractivity contribution is 1.16. The summed E-state index contributed by atoms with van der Waals surface area (Å²) in [5.74, 6) is 0. The van der Waals surface area contributed by atoms with E-state index in [-0.39, 0.29) is 0 Å². The molecule has 0 saturated carbocycles. The lowest BCUT2D eigenvalue weighted by atomic mass is 9.95. The molecule has 4 heterocycles. The van der Waals surface area contributed by atoms with Crippen LogP contribution in [0, 0.1) is 0 Å². The van der Waals surface area contributed by atoms with E-state index in [4.69, 9.17) is 0 Å². The van der Waals surface area contributed by atoms with Gasteiger partial charge in [-0.3, -0.25) is 0 Å². The van der Waals surface area contributed by atoms with Crippen LogP contribution in [0.25, 0.3) is 125 Å². The Hall–Kier alpha value is -8.18. The van der Waals surface area contributed by atoms with Crippen LogP contribution >= 0.6 is 11.3 Å². The van der Waals surface area contributed by atoms with E-state index in [1.807, 2.05) is 11.3 Å². The van der Waals surface area contributed by atoms with Crippen LogP contribution in [0.4, 0.5) is 0 Å². The van der Waals surface area contributed by atoms with Crippen molar-refractivity contribution in [2.75, 3.05) is 0 Å². The van der Waals surface area contributed by atoms with Gasteiger partial charge in [0, 0.05) is 63.9 Å². The van der Waals surface area contributed by atoms with Gasteiger partial charge >= 0.3 is 0 Å². The summed E-state index contributed by atoms with van der Waals surface area (Å²) in [6.45, 7) is 0. The molecule has 14 aromatic rings. The SMILES string of the molecule is c1ccc(-c2cccc(-c3cccc4sc5cccc(-n6c7ccccc7c7ccc(-n8c9ccccc9c9cc(-n%10c%11ccccc%11c%11ccccc%11%10)ccc98)cc76)c5c34)c2)cc1. The fourth-order valence-corrected chi connectivity index (χ4v) is 11.9. The second-order valence-electron chi connectivity index (χ2n) is 16.9. The van der Waals surface area contributed by atoms with Gasteiger partial charge in [0.25, 0.3) is 0 Å². The first-order chi connectivity index (χ1) is 31.8. The molecule has 0 aliphatic rings. The summed E-state index contributed by atoms with van der Waals surface area (Å²) < 4.78 is 9.97. The molecule has 0 radical (unpaired) electrons. The molecule has 0 saturated heterocycles. The van der Waals surface area contributed by atoms with Crippen molar-refractivity contribution in [2.45, 2.75) is 0 Å². The van der Waals surface area contributed by atoms with E-state index in [0.29, 0.717) is 0 Å². The molecule has 64 heavy (non-hydrogen) atoms. The molecular weight excluding hydrogens is 795 g/mol. The van der Waals surface area contributed by atoms with Crippen LogP contribution in [0.2, 0.25) is 0 Å².